The monoisotopic (exact) mass is 487 g/mol. The van der Waals surface area contributed by atoms with Crippen LogP contribution in [-0.2, 0) is 20.9 Å². The second-order valence-corrected chi connectivity index (χ2v) is 9.98. The molecule has 1 saturated carbocycles. The van der Waals surface area contributed by atoms with Gasteiger partial charge in [-0.25, -0.2) is 0 Å². The smallest absolute Gasteiger partial charge is 0.290 e. The number of benzene rings is 2. The van der Waals surface area contributed by atoms with Gasteiger partial charge in [-0.1, -0.05) is 37.8 Å². The second kappa shape index (κ2) is 9.04. The van der Waals surface area contributed by atoms with Gasteiger partial charge in [0.1, 0.15) is 18.5 Å². The molecule has 4 unspecified atom stereocenters. The first-order valence-corrected chi connectivity index (χ1v) is 12.5. The highest BCUT2D eigenvalue weighted by atomic mass is 16.7. The van der Waals surface area contributed by atoms with Crippen LogP contribution in [0.5, 0.6) is 17.2 Å². The highest BCUT2D eigenvalue weighted by Gasteiger charge is 2.52. The Morgan fingerprint density at radius 1 is 1.11 bits per heavy atom. The zero-order chi connectivity index (χ0) is 24.8. The molecule has 0 N–H and O–H groups in total. The van der Waals surface area contributed by atoms with Crippen LogP contribution in [0.3, 0.4) is 0 Å². The number of ether oxygens (including phenoxy) is 4. The zero-order valence-corrected chi connectivity index (χ0v) is 20.3. The summed E-state index contributed by atoms with van der Waals surface area (Å²) in [4.78, 5) is 29.4. The molecule has 0 bridgehead atoms. The molecule has 0 saturated heterocycles. The molecular formula is C29H29NO6. The van der Waals surface area contributed by atoms with Crippen LogP contribution in [0.2, 0.25) is 0 Å². The van der Waals surface area contributed by atoms with E-state index in [2.05, 4.69) is 13.5 Å². The zero-order valence-electron chi connectivity index (χ0n) is 20.3. The Balaban J connectivity index is 1.40. The SMILES string of the molecule is C=CCOc1cccc(C2C3=C(OC4CCC(C)CC4C3=O)C(=O)N2Cc2ccc3c(c2)OCO3)c1. The summed E-state index contributed by atoms with van der Waals surface area (Å²) >= 11 is 0. The lowest BCUT2D eigenvalue weighted by atomic mass is 9.74. The maximum absolute atomic E-state index is 13.9. The van der Waals surface area contributed by atoms with Crippen molar-refractivity contribution in [3.63, 3.8) is 0 Å². The minimum absolute atomic E-state index is 0.0387. The lowest BCUT2D eigenvalue weighted by molar-refractivity contribution is -0.136. The van der Waals surface area contributed by atoms with Crippen molar-refractivity contribution in [2.75, 3.05) is 13.4 Å². The van der Waals surface area contributed by atoms with E-state index in [0.29, 0.717) is 41.9 Å². The number of Topliss-reactive ketones (excluding diaryl/α,β-unsaturated/α-hetero) is 1. The molecule has 4 atom stereocenters. The summed E-state index contributed by atoms with van der Waals surface area (Å²) in [6.07, 6.45) is 4.02. The third-order valence-electron chi connectivity index (χ3n) is 7.54. The Morgan fingerprint density at radius 3 is 2.83 bits per heavy atom. The van der Waals surface area contributed by atoms with Gasteiger partial charge in [0, 0.05) is 6.54 Å². The van der Waals surface area contributed by atoms with Crippen molar-refractivity contribution < 1.29 is 28.5 Å². The summed E-state index contributed by atoms with van der Waals surface area (Å²) in [6, 6.07) is 12.7. The summed E-state index contributed by atoms with van der Waals surface area (Å²) in [7, 11) is 0. The Labute approximate surface area is 210 Å². The molecule has 186 valence electrons. The lowest BCUT2D eigenvalue weighted by Crippen LogP contribution is -2.41. The van der Waals surface area contributed by atoms with E-state index in [-0.39, 0.29) is 36.3 Å². The Bertz CT molecular complexity index is 1270. The van der Waals surface area contributed by atoms with Gasteiger partial charge in [-0.3, -0.25) is 9.59 Å². The molecule has 0 spiro atoms. The van der Waals surface area contributed by atoms with Crippen LogP contribution in [0.15, 0.2) is 66.5 Å². The summed E-state index contributed by atoms with van der Waals surface area (Å²) < 4.78 is 23.1. The average molecular weight is 488 g/mol. The number of hydrogen-bond acceptors (Lipinski definition) is 6. The van der Waals surface area contributed by atoms with Gasteiger partial charge in [0.2, 0.25) is 6.79 Å². The predicted octanol–water partition coefficient (Wildman–Crippen LogP) is 4.72. The van der Waals surface area contributed by atoms with Crippen molar-refractivity contribution in [2.24, 2.45) is 11.8 Å². The summed E-state index contributed by atoms with van der Waals surface area (Å²) in [5.74, 6) is 2.23. The van der Waals surface area contributed by atoms with Crippen molar-refractivity contribution in [3.8, 4) is 17.2 Å². The first-order chi connectivity index (χ1) is 17.5. The Kier molecular flexibility index (Phi) is 5.70. The maximum atomic E-state index is 13.9. The molecule has 1 fully saturated rings. The van der Waals surface area contributed by atoms with Crippen molar-refractivity contribution in [2.45, 2.75) is 44.9 Å². The largest absolute Gasteiger partial charge is 0.490 e. The van der Waals surface area contributed by atoms with Gasteiger partial charge in [0.15, 0.2) is 23.0 Å². The van der Waals surface area contributed by atoms with Gasteiger partial charge in [0.25, 0.3) is 5.91 Å². The summed E-state index contributed by atoms with van der Waals surface area (Å²) in [5, 5.41) is 0. The minimum atomic E-state index is -0.559. The van der Waals surface area contributed by atoms with Crippen LogP contribution < -0.4 is 14.2 Å². The van der Waals surface area contributed by atoms with E-state index in [1.807, 2.05) is 42.5 Å². The molecule has 2 aromatic rings. The first-order valence-electron chi connectivity index (χ1n) is 12.5. The maximum Gasteiger partial charge on any atom is 0.290 e. The Hall–Kier alpha value is -3.74. The molecule has 1 aliphatic carbocycles. The molecule has 36 heavy (non-hydrogen) atoms. The fraction of sp³-hybridized carbons (Fsp3) is 0.379. The number of amides is 1. The van der Waals surface area contributed by atoms with E-state index in [1.165, 1.54) is 0 Å². The van der Waals surface area contributed by atoms with E-state index < -0.39 is 6.04 Å². The number of carbonyl (C=O) groups is 2. The van der Waals surface area contributed by atoms with Crippen molar-refractivity contribution in [1.29, 1.82) is 0 Å². The molecule has 3 heterocycles. The van der Waals surface area contributed by atoms with E-state index in [4.69, 9.17) is 18.9 Å². The van der Waals surface area contributed by atoms with Crippen LogP contribution in [0.4, 0.5) is 0 Å². The van der Waals surface area contributed by atoms with E-state index >= 15 is 0 Å². The first kappa shape index (κ1) is 22.7. The van der Waals surface area contributed by atoms with Gasteiger partial charge < -0.3 is 23.8 Å². The van der Waals surface area contributed by atoms with Crippen LogP contribution >= 0.6 is 0 Å². The molecule has 6 rings (SSSR count). The quantitative estimate of drug-likeness (QED) is 0.549. The topological polar surface area (TPSA) is 74.3 Å². The third-order valence-corrected chi connectivity index (χ3v) is 7.54. The van der Waals surface area contributed by atoms with Crippen molar-refractivity contribution in [1.82, 2.24) is 4.90 Å². The minimum Gasteiger partial charge on any atom is -0.490 e. The predicted molar refractivity (Wildman–Crippen MR) is 131 cm³/mol. The molecule has 0 aromatic heterocycles. The number of carbonyl (C=O) groups excluding carboxylic acids is 2. The molecule has 3 aliphatic heterocycles. The van der Waals surface area contributed by atoms with Crippen LogP contribution in [0.1, 0.15) is 43.4 Å². The number of ketones is 1. The van der Waals surface area contributed by atoms with Crippen LogP contribution in [0.25, 0.3) is 0 Å². The van der Waals surface area contributed by atoms with E-state index in [1.54, 1.807) is 11.0 Å². The van der Waals surface area contributed by atoms with E-state index in [0.717, 1.165) is 30.4 Å². The number of hydrogen-bond donors (Lipinski definition) is 0. The normalized spacial score (nSPS) is 26.4. The average Bonchev–Trinajstić information content (AvgIpc) is 3.46. The van der Waals surface area contributed by atoms with Gasteiger partial charge in [-0.15, -0.1) is 0 Å². The molecule has 4 aliphatic rings. The van der Waals surface area contributed by atoms with Gasteiger partial charge in [-0.2, -0.15) is 0 Å². The number of nitrogens with zero attached hydrogens (tertiary/aromatic N) is 1. The lowest BCUT2D eigenvalue weighted by Gasteiger charge is -2.37. The molecule has 1 amide bonds. The third kappa shape index (κ3) is 3.83. The second-order valence-electron chi connectivity index (χ2n) is 9.98. The molecule has 2 aromatic carbocycles. The summed E-state index contributed by atoms with van der Waals surface area (Å²) in [6.45, 7) is 6.74. The van der Waals surface area contributed by atoms with Crippen LogP contribution in [-0.4, -0.2) is 36.1 Å². The molecule has 7 heteroatoms. The fourth-order valence-corrected chi connectivity index (χ4v) is 5.80. The highest BCUT2D eigenvalue weighted by molar-refractivity contribution is 6.11. The van der Waals surface area contributed by atoms with Gasteiger partial charge in [-0.05, 0) is 60.6 Å². The van der Waals surface area contributed by atoms with Gasteiger partial charge >= 0.3 is 0 Å². The highest BCUT2D eigenvalue weighted by Crippen LogP contribution is 2.48. The molecular weight excluding hydrogens is 458 g/mol. The van der Waals surface area contributed by atoms with Crippen LogP contribution in [0, 0.1) is 11.8 Å². The molecule has 0 radical (unpaired) electrons. The number of fused-ring (bicyclic) bond motifs is 2. The number of rotatable bonds is 6. The van der Waals surface area contributed by atoms with Crippen molar-refractivity contribution >= 4 is 11.7 Å². The Morgan fingerprint density at radius 2 is 1.97 bits per heavy atom. The van der Waals surface area contributed by atoms with Crippen molar-refractivity contribution in [3.05, 3.63) is 77.6 Å². The van der Waals surface area contributed by atoms with Gasteiger partial charge in [0.05, 0.1) is 17.5 Å². The summed E-state index contributed by atoms with van der Waals surface area (Å²) in [5.41, 5.74) is 2.17. The molecule has 7 nitrogen and oxygen atoms in total. The van der Waals surface area contributed by atoms with E-state index in [9.17, 15) is 9.59 Å². The fourth-order valence-electron chi connectivity index (χ4n) is 5.80. The standard InChI is InChI=1S/C29H29NO6/c1-3-11-33-20-6-4-5-19(14-20)26-25-27(31)21-12-17(2)7-9-22(21)36-28(25)29(32)30(26)15-18-8-10-23-24(13-18)35-16-34-23/h3-6,8,10,13-14,17,21-22,26H,1,7,9,11-12,15-16H2,2H3.